The summed E-state index contributed by atoms with van der Waals surface area (Å²) in [6.07, 6.45) is 0. The number of nitrogens with two attached hydrogens (primary N) is 1. The quantitative estimate of drug-likeness (QED) is 0.617. The molecule has 1 aromatic rings. The van der Waals surface area contributed by atoms with Gasteiger partial charge in [-0.25, -0.2) is 0 Å². The zero-order valence-corrected chi connectivity index (χ0v) is 10.8. The molecule has 2 N–H and O–H groups in total. The van der Waals surface area contributed by atoms with Crippen LogP contribution in [0.2, 0.25) is 0 Å². The van der Waals surface area contributed by atoms with Crippen molar-refractivity contribution in [3.8, 4) is 5.75 Å². The normalized spacial score (nSPS) is 10.4. The molecule has 0 aromatic heterocycles. The van der Waals surface area contributed by atoms with E-state index in [2.05, 4.69) is 15.9 Å². The van der Waals surface area contributed by atoms with Gasteiger partial charge in [0.15, 0.2) is 0 Å². The van der Waals surface area contributed by atoms with Gasteiger partial charge >= 0.3 is 0 Å². The van der Waals surface area contributed by atoms with Crippen LogP contribution in [0.25, 0.3) is 0 Å². The molecule has 90 valence electrons. The predicted octanol–water partition coefficient (Wildman–Crippen LogP) is 2.07. The zero-order chi connectivity index (χ0) is 11.8. The van der Waals surface area contributed by atoms with E-state index in [0.717, 1.165) is 4.47 Å². The minimum atomic E-state index is 0.477. The molecule has 1 rings (SSSR count). The summed E-state index contributed by atoms with van der Waals surface area (Å²) in [7, 11) is 1.64. The number of halogens is 1. The molecule has 0 aliphatic rings. The Hall–Kier alpha value is -0.780. The molecule has 0 spiro atoms. The minimum absolute atomic E-state index is 0.477. The molecule has 0 fully saturated rings. The van der Waals surface area contributed by atoms with E-state index in [-0.39, 0.29) is 0 Å². The maximum Gasteiger partial charge on any atom is 0.143 e. The Labute approximate surface area is 104 Å². The largest absolute Gasteiger partial charge is 0.489 e. The number of nitrogen functional groups attached to an aromatic ring is 1. The van der Waals surface area contributed by atoms with Crippen molar-refractivity contribution in [3.63, 3.8) is 0 Å². The van der Waals surface area contributed by atoms with Crippen molar-refractivity contribution in [2.75, 3.05) is 39.3 Å². The van der Waals surface area contributed by atoms with E-state index >= 15 is 0 Å². The molecular formula is C11H16BrNO3. The summed E-state index contributed by atoms with van der Waals surface area (Å²) in [6, 6.07) is 5.51. The Kier molecular flexibility index (Phi) is 6.22. The van der Waals surface area contributed by atoms with Crippen molar-refractivity contribution in [1.29, 1.82) is 0 Å². The van der Waals surface area contributed by atoms with Crippen molar-refractivity contribution in [2.24, 2.45) is 0 Å². The molecule has 0 saturated heterocycles. The first kappa shape index (κ1) is 13.3. The van der Waals surface area contributed by atoms with Crippen LogP contribution in [-0.4, -0.2) is 33.5 Å². The van der Waals surface area contributed by atoms with E-state index in [4.69, 9.17) is 19.9 Å². The summed E-state index contributed by atoms with van der Waals surface area (Å²) in [4.78, 5) is 0. The van der Waals surface area contributed by atoms with Crippen LogP contribution < -0.4 is 10.5 Å². The molecule has 0 heterocycles. The van der Waals surface area contributed by atoms with E-state index in [1.165, 1.54) is 0 Å². The second-order valence-electron chi connectivity index (χ2n) is 3.14. The highest BCUT2D eigenvalue weighted by Crippen LogP contribution is 2.25. The van der Waals surface area contributed by atoms with Crippen molar-refractivity contribution < 1.29 is 14.2 Å². The van der Waals surface area contributed by atoms with Crippen molar-refractivity contribution in [3.05, 3.63) is 22.7 Å². The molecule has 0 unspecified atom stereocenters. The van der Waals surface area contributed by atoms with Gasteiger partial charge in [-0.3, -0.25) is 0 Å². The average Bonchev–Trinajstić information content (AvgIpc) is 2.28. The fourth-order valence-electron chi connectivity index (χ4n) is 1.09. The first-order valence-corrected chi connectivity index (χ1v) is 5.78. The zero-order valence-electron chi connectivity index (χ0n) is 9.24. The van der Waals surface area contributed by atoms with Gasteiger partial charge in [-0.2, -0.15) is 0 Å². The van der Waals surface area contributed by atoms with E-state index in [9.17, 15) is 0 Å². The summed E-state index contributed by atoms with van der Waals surface area (Å²) >= 11 is 3.36. The van der Waals surface area contributed by atoms with Crippen LogP contribution in [-0.2, 0) is 9.47 Å². The Morgan fingerprint density at radius 1 is 1.19 bits per heavy atom. The molecule has 0 amide bonds. The summed E-state index contributed by atoms with van der Waals surface area (Å²) < 4.78 is 16.5. The molecule has 0 aliphatic heterocycles. The molecule has 5 heteroatoms. The second-order valence-corrected chi connectivity index (χ2v) is 4.05. The third-order valence-corrected chi connectivity index (χ3v) is 2.39. The Morgan fingerprint density at radius 2 is 1.94 bits per heavy atom. The van der Waals surface area contributed by atoms with Crippen molar-refractivity contribution in [2.45, 2.75) is 0 Å². The van der Waals surface area contributed by atoms with E-state index in [1.54, 1.807) is 13.2 Å². The maximum absolute atomic E-state index is 5.75. The fraction of sp³-hybridized carbons (Fsp3) is 0.455. The van der Waals surface area contributed by atoms with Gasteiger partial charge in [0, 0.05) is 11.6 Å². The Bertz CT molecular complexity index is 320. The molecule has 0 radical (unpaired) electrons. The summed E-state index contributed by atoms with van der Waals surface area (Å²) in [5.74, 6) is 0.671. The van der Waals surface area contributed by atoms with Gasteiger partial charge < -0.3 is 19.9 Å². The number of benzene rings is 1. The molecule has 0 saturated carbocycles. The average molecular weight is 290 g/mol. The van der Waals surface area contributed by atoms with Gasteiger partial charge in [-0.1, -0.05) is 15.9 Å². The molecule has 16 heavy (non-hydrogen) atoms. The highest BCUT2D eigenvalue weighted by Gasteiger charge is 2.00. The Morgan fingerprint density at radius 3 is 2.69 bits per heavy atom. The number of hydrogen-bond donors (Lipinski definition) is 1. The van der Waals surface area contributed by atoms with Crippen LogP contribution in [0.5, 0.6) is 5.75 Å². The number of methoxy groups -OCH3 is 1. The monoisotopic (exact) mass is 289 g/mol. The first-order valence-electron chi connectivity index (χ1n) is 4.98. The standard InChI is InChI=1S/C11H16BrNO3/c1-14-4-5-15-6-7-16-11-8-9(12)2-3-10(11)13/h2-3,8H,4-7,13H2,1H3. The van der Waals surface area contributed by atoms with Crippen LogP contribution in [0.1, 0.15) is 0 Å². The lowest BCUT2D eigenvalue weighted by molar-refractivity contribution is 0.0545. The molecule has 0 bridgehead atoms. The summed E-state index contributed by atoms with van der Waals surface area (Å²) in [5, 5.41) is 0. The maximum atomic E-state index is 5.75. The third kappa shape index (κ3) is 4.83. The number of ether oxygens (including phenoxy) is 3. The van der Waals surface area contributed by atoms with E-state index in [1.807, 2.05) is 12.1 Å². The van der Waals surface area contributed by atoms with Crippen LogP contribution >= 0.6 is 15.9 Å². The highest BCUT2D eigenvalue weighted by atomic mass is 79.9. The Balaban J connectivity index is 2.23. The molecular weight excluding hydrogens is 274 g/mol. The SMILES string of the molecule is COCCOCCOc1cc(Br)ccc1N. The van der Waals surface area contributed by atoms with Gasteiger partial charge in [0.1, 0.15) is 12.4 Å². The van der Waals surface area contributed by atoms with Gasteiger partial charge in [0.25, 0.3) is 0 Å². The van der Waals surface area contributed by atoms with Crippen LogP contribution in [0.4, 0.5) is 5.69 Å². The van der Waals surface area contributed by atoms with Crippen molar-refractivity contribution in [1.82, 2.24) is 0 Å². The van der Waals surface area contributed by atoms with Gasteiger partial charge in [0.2, 0.25) is 0 Å². The highest BCUT2D eigenvalue weighted by molar-refractivity contribution is 9.10. The van der Waals surface area contributed by atoms with Gasteiger partial charge in [-0.05, 0) is 18.2 Å². The number of hydrogen-bond acceptors (Lipinski definition) is 4. The topological polar surface area (TPSA) is 53.7 Å². The number of anilines is 1. The smallest absolute Gasteiger partial charge is 0.143 e. The van der Waals surface area contributed by atoms with Crippen LogP contribution in [0.15, 0.2) is 22.7 Å². The summed E-state index contributed by atoms with van der Waals surface area (Å²) in [5.41, 5.74) is 6.37. The third-order valence-electron chi connectivity index (χ3n) is 1.89. The number of rotatable bonds is 7. The molecule has 1 aromatic carbocycles. The van der Waals surface area contributed by atoms with Gasteiger partial charge in [-0.15, -0.1) is 0 Å². The minimum Gasteiger partial charge on any atom is -0.489 e. The van der Waals surface area contributed by atoms with Crippen LogP contribution in [0, 0.1) is 0 Å². The first-order chi connectivity index (χ1) is 7.74. The second kappa shape index (κ2) is 7.49. The lowest BCUT2D eigenvalue weighted by atomic mass is 10.3. The molecule has 0 atom stereocenters. The lowest BCUT2D eigenvalue weighted by Crippen LogP contribution is -2.10. The predicted molar refractivity (Wildman–Crippen MR) is 66.7 cm³/mol. The molecule has 4 nitrogen and oxygen atoms in total. The van der Waals surface area contributed by atoms with Crippen molar-refractivity contribution >= 4 is 21.6 Å². The lowest BCUT2D eigenvalue weighted by Gasteiger charge is -2.09. The fourth-order valence-corrected chi connectivity index (χ4v) is 1.43. The molecule has 0 aliphatic carbocycles. The van der Waals surface area contributed by atoms with E-state index in [0.29, 0.717) is 37.9 Å². The van der Waals surface area contributed by atoms with E-state index < -0.39 is 0 Å². The van der Waals surface area contributed by atoms with Gasteiger partial charge in [0.05, 0.1) is 25.5 Å². The summed E-state index contributed by atoms with van der Waals surface area (Å²) in [6.45, 7) is 2.17. The van der Waals surface area contributed by atoms with Crippen LogP contribution in [0.3, 0.4) is 0 Å².